The van der Waals surface area contributed by atoms with E-state index in [2.05, 4.69) is 34.4 Å². The van der Waals surface area contributed by atoms with Crippen LogP contribution in [0.5, 0.6) is 0 Å². The Kier molecular flexibility index (Phi) is 11.9. The normalized spacial score (nSPS) is 18.5. The number of aromatic nitrogens is 2. The molecule has 0 saturated heterocycles. The minimum atomic E-state index is -1.12. The molecule has 0 bridgehead atoms. The molecule has 2 N–H and O–H groups in total. The van der Waals surface area contributed by atoms with Gasteiger partial charge >= 0.3 is 5.97 Å². The summed E-state index contributed by atoms with van der Waals surface area (Å²) in [6.45, 7) is 1.95. The fourth-order valence-corrected chi connectivity index (χ4v) is 7.62. The van der Waals surface area contributed by atoms with Crippen molar-refractivity contribution in [1.82, 2.24) is 14.9 Å². The molecule has 1 unspecified atom stereocenters. The van der Waals surface area contributed by atoms with Crippen molar-refractivity contribution in [2.24, 2.45) is 17.8 Å². The van der Waals surface area contributed by atoms with Gasteiger partial charge in [-0.3, -0.25) is 14.4 Å². The van der Waals surface area contributed by atoms with Crippen LogP contribution in [0.15, 0.2) is 91.3 Å². The molecule has 4 aromatic rings. The first-order valence-corrected chi connectivity index (χ1v) is 18.3. The number of carboxylic acid groups (broad SMARTS) is 1. The summed E-state index contributed by atoms with van der Waals surface area (Å²) in [7, 11) is 0. The summed E-state index contributed by atoms with van der Waals surface area (Å²) < 4.78 is 0. The number of amides is 2. The second-order valence-electron chi connectivity index (χ2n) is 14.1. The Morgan fingerprint density at radius 2 is 1.62 bits per heavy atom. The summed E-state index contributed by atoms with van der Waals surface area (Å²) in [6.07, 6.45) is 16.7. The quantitative estimate of drug-likeness (QED) is 0.152. The lowest BCUT2D eigenvalue weighted by Gasteiger charge is -2.35. The zero-order chi connectivity index (χ0) is 36.5. The molecule has 266 valence electrons. The van der Waals surface area contributed by atoms with Crippen LogP contribution in [0.1, 0.15) is 90.9 Å². The van der Waals surface area contributed by atoms with Crippen molar-refractivity contribution in [3.63, 3.8) is 0 Å². The Hall–Kier alpha value is -5.62. The number of benzene rings is 3. The number of carbonyl (C=O) groups excluding carboxylic acids is 2. The number of rotatable bonds is 12. The molecule has 1 aromatic heterocycles. The van der Waals surface area contributed by atoms with Gasteiger partial charge in [-0.2, -0.15) is 5.26 Å². The van der Waals surface area contributed by atoms with Crippen molar-refractivity contribution >= 4 is 29.0 Å². The van der Waals surface area contributed by atoms with Gasteiger partial charge in [0.05, 0.1) is 18.1 Å². The lowest BCUT2D eigenvalue weighted by atomic mass is 9.71. The monoisotopic (exact) mass is 695 g/mol. The first kappa shape index (κ1) is 36.2. The lowest BCUT2D eigenvalue weighted by Crippen LogP contribution is -2.35. The third-order valence-corrected chi connectivity index (χ3v) is 10.6. The number of nitrogens with zero attached hydrogens (tertiary/aromatic N) is 4. The van der Waals surface area contributed by atoms with Crippen molar-refractivity contribution in [3.05, 3.63) is 119 Å². The van der Waals surface area contributed by atoms with Gasteiger partial charge in [-0.15, -0.1) is 0 Å². The summed E-state index contributed by atoms with van der Waals surface area (Å²) in [5.74, 6) is 1.39. The highest BCUT2D eigenvalue weighted by molar-refractivity contribution is 5.97. The van der Waals surface area contributed by atoms with Gasteiger partial charge in [0, 0.05) is 41.3 Å². The third-order valence-electron chi connectivity index (χ3n) is 10.6. The highest BCUT2D eigenvalue weighted by Crippen LogP contribution is 2.41. The van der Waals surface area contributed by atoms with Crippen LogP contribution < -0.4 is 5.32 Å². The van der Waals surface area contributed by atoms with E-state index in [1.54, 1.807) is 48.5 Å². The number of nitriles is 1. The summed E-state index contributed by atoms with van der Waals surface area (Å²) in [6, 6.07) is 22.7. The molecule has 2 aliphatic carbocycles. The molecule has 1 heterocycles. The van der Waals surface area contributed by atoms with Crippen LogP contribution in [0.4, 0.5) is 5.69 Å². The largest absolute Gasteiger partial charge is 0.480 e. The highest BCUT2D eigenvalue weighted by Gasteiger charge is 2.28. The lowest BCUT2D eigenvalue weighted by molar-refractivity contribution is -0.137. The van der Waals surface area contributed by atoms with Gasteiger partial charge in [-0.05, 0) is 103 Å². The Morgan fingerprint density at radius 3 is 2.25 bits per heavy atom. The number of nitrogens with one attached hydrogen (secondary N) is 1. The molecule has 1 saturated carbocycles. The molecule has 9 heteroatoms. The number of hydrogen-bond donors (Lipinski definition) is 2. The molecular weight excluding hydrogens is 651 g/mol. The average Bonchev–Trinajstić information content (AvgIpc) is 3.18. The van der Waals surface area contributed by atoms with E-state index in [9.17, 15) is 19.5 Å². The fraction of sp³-hybridized carbons (Fsp3) is 0.349. The van der Waals surface area contributed by atoms with Crippen LogP contribution in [0, 0.1) is 29.1 Å². The van der Waals surface area contributed by atoms with Crippen LogP contribution in [-0.4, -0.2) is 44.3 Å². The van der Waals surface area contributed by atoms with Crippen molar-refractivity contribution in [2.45, 2.75) is 71.3 Å². The number of hydrogen-bond acceptors (Lipinski definition) is 6. The topological polar surface area (TPSA) is 136 Å². The van der Waals surface area contributed by atoms with Gasteiger partial charge in [0.15, 0.2) is 5.82 Å². The van der Waals surface area contributed by atoms with E-state index in [0.29, 0.717) is 28.2 Å². The Morgan fingerprint density at radius 1 is 0.885 bits per heavy atom. The average molecular weight is 696 g/mol. The molecule has 1 atom stereocenters. The smallest absolute Gasteiger partial charge is 0.323 e. The highest BCUT2D eigenvalue weighted by atomic mass is 16.4. The maximum atomic E-state index is 13.4. The second-order valence-corrected chi connectivity index (χ2v) is 14.1. The number of aliphatic carboxylic acids is 1. The van der Waals surface area contributed by atoms with Crippen LogP contribution >= 0.6 is 0 Å². The van der Waals surface area contributed by atoms with Gasteiger partial charge < -0.3 is 15.3 Å². The predicted octanol–water partition coefficient (Wildman–Crippen LogP) is 8.32. The maximum Gasteiger partial charge on any atom is 0.323 e. The van der Waals surface area contributed by atoms with Crippen LogP contribution in [0.25, 0.3) is 17.0 Å². The van der Waals surface area contributed by atoms with Gasteiger partial charge in [-0.1, -0.05) is 68.7 Å². The minimum absolute atomic E-state index is 0.0946. The first-order valence-electron chi connectivity index (χ1n) is 18.3. The standard InChI is InChI=1S/C43H45N5O4/c1-2-29-6-10-33(11-7-29)34-14-16-35(17-15-34)38-25-45-42(46-26-38)36-12-8-30(9-13-36)27-48(28-41(50)51)43(52)37-18-20-39(21-19-37)47-40(49)23-31-4-3-5-32(22-31)24-44/h3-5,8-9,12-13,16,18-22,25-26,29,33-34H,2,6-7,10-11,14-15,17,23,27-28H2,1H3,(H,47,49)(H,50,51)/t29-,33-,34?. The molecule has 0 aliphatic heterocycles. The van der Waals surface area contributed by atoms with E-state index >= 15 is 0 Å². The van der Waals surface area contributed by atoms with E-state index in [1.807, 2.05) is 36.7 Å². The Balaban J connectivity index is 1.04. The van der Waals surface area contributed by atoms with Crippen LogP contribution in [0.2, 0.25) is 0 Å². The van der Waals surface area contributed by atoms with E-state index in [4.69, 9.17) is 5.26 Å². The SMILES string of the molecule is CC[C@H]1CC[C@H](C2CC=C(c3cnc(-c4ccc(CN(CC(=O)O)C(=O)c5ccc(NC(=O)Cc6cccc(C#N)c6)cc5)cc4)nc3)CC2)CC1. The zero-order valence-electron chi connectivity index (χ0n) is 29.6. The molecule has 1 fully saturated rings. The molecule has 3 aromatic carbocycles. The maximum absolute atomic E-state index is 13.4. The summed E-state index contributed by atoms with van der Waals surface area (Å²) in [5.41, 5.74) is 6.01. The Labute approximate surface area is 305 Å². The van der Waals surface area contributed by atoms with E-state index < -0.39 is 18.4 Å². The molecule has 2 amide bonds. The predicted molar refractivity (Wildman–Crippen MR) is 201 cm³/mol. The number of anilines is 1. The summed E-state index contributed by atoms with van der Waals surface area (Å²) >= 11 is 0. The van der Waals surface area contributed by atoms with Crippen LogP contribution in [-0.2, 0) is 22.6 Å². The summed E-state index contributed by atoms with van der Waals surface area (Å²) in [4.78, 5) is 48.3. The Bertz CT molecular complexity index is 1940. The number of carbonyl (C=O) groups is 3. The summed E-state index contributed by atoms with van der Waals surface area (Å²) in [5, 5.41) is 21.5. The molecule has 0 spiro atoms. The molecule has 9 nitrogen and oxygen atoms in total. The molecule has 52 heavy (non-hydrogen) atoms. The zero-order valence-corrected chi connectivity index (χ0v) is 29.6. The van der Waals surface area contributed by atoms with Gasteiger partial charge in [0.2, 0.25) is 5.91 Å². The van der Waals surface area contributed by atoms with Gasteiger partial charge in [0.25, 0.3) is 5.91 Å². The molecular formula is C43H45N5O4. The molecule has 0 radical (unpaired) electrons. The van der Waals surface area contributed by atoms with Crippen molar-refractivity contribution in [1.29, 1.82) is 5.26 Å². The van der Waals surface area contributed by atoms with E-state index in [-0.39, 0.29) is 18.9 Å². The van der Waals surface area contributed by atoms with Crippen molar-refractivity contribution in [3.8, 4) is 17.5 Å². The minimum Gasteiger partial charge on any atom is -0.480 e. The van der Waals surface area contributed by atoms with Crippen molar-refractivity contribution in [2.75, 3.05) is 11.9 Å². The second kappa shape index (κ2) is 17.1. The van der Waals surface area contributed by atoms with Crippen molar-refractivity contribution < 1.29 is 19.5 Å². The van der Waals surface area contributed by atoms with Gasteiger partial charge in [-0.25, -0.2) is 9.97 Å². The third kappa shape index (κ3) is 9.38. The van der Waals surface area contributed by atoms with E-state index in [0.717, 1.165) is 47.3 Å². The number of allylic oxidation sites excluding steroid dienone is 2. The van der Waals surface area contributed by atoms with Gasteiger partial charge in [0.1, 0.15) is 6.54 Å². The first-order chi connectivity index (χ1) is 25.3. The fourth-order valence-electron chi connectivity index (χ4n) is 7.62. The number of carboxylic acids is 1. The van der Waals surface area contributed by atoms with E-state index in [1.165, 1.54) is 49.0 Å². The van der Waals surface area contributed by atoms with Crippen LogP contribution in [0.3, 0.4) is 0 Å². The molecule has 6 rings (SSSR count). The molecule has 2 aliphatic rings.